The molecule has 0 saturated carbocycles. The number of nitrogens with zero attached hydrogens (tertiary/aromatic N) is 3. The zero-order chi connectivity index (χ0) is 23.3. The zero-order valence-electron chi connectivity index (χ0n) is 17.8. The second-order valence-electron chi connectivity index (χ2n) is 7.48. The van der Waals surface area contributed by atoms with Gasteiger partial charge in [0.1, 0.15) is 6.04 Å². The van der Waals surface area contributed by atoms with Gasteiger partial charge in [0, 0.05) is 23.3 Å². The van der Waals surface area contributed by atoms with E-state index in [-0.39, 0.29) is 35.8 Å². The van der Waals surface area contributed by atoms with E-state index in [1.807, 2.05) is 19.1 Å². The summed E-state index contributed by atoms with van der Waals surface area (Å²) >= 11 is 0. The topological polar surface area (TPSA) is 137 Å². The summed E-state index contributed by atoms with van der Waals surface area (Å²) in [6, 6.07) is 11.8. The zero-order valence-corrected chi connectivity index (χ0v) is 17.8. The molecule has 0 bridgehead atoms. The van der Waals surface area contributed by atoms with Crippen molar-refractivity contribution in [3.8, 4) is 11.4 Å². The highest BCUT2D eigenvalue weighted by molar-refractivity contribution is 5.96. The quantitative estimate of drug-likeness (QED) is 0.321. The van der Waals surface area contributed by atoms with Crippen LogP contribution >= 0.6 is 0 Å². The molecule has 1 aromatic heterocycles. The largest absolute Gasteiger partial charge is 0.454 e. The summed E-state index contributed by atoms with van der Waals surface area (Å²) in [7, 11) is 0. The molecule has 3 aromatic rings. The maximum absolute atomic E-state index is 12.6. The highest BCUT2D eigenvalue weighted by atomic mass is 16.6. The molecular weight excluding hydrogens is 416 g/mol. The highest BCUT2D eigenvalue weighted by Crippen LogP contribution is 2.20. The smallest absolute Gasteiger partial charge is 0.329 e. The van der Waals surface area contributed by atoms with E-state index < -0.39 is 16.9 Å². The van der Waals surface area contributed by atoms with E-state index in [4.69, 9.17) is 9.26 Å². The van der Waals surface area contributed by atoms with Gasteiger partial charge in [-0.25, -0.2) is 4.79 Å². The van der Waals surface area contributed by atoms with Gasteiger partial charge in [-0.2, -0.15) is 4.98 Å². The van der Waals surface area contributed by atoms with Gasteiger partial charge in [0.05, 0.1) is 4.92 Å². The number of esters is 1. The Kier molecular flexibility index (Phi) is 6.93. The van der Waals surface area contributed by atoms with Gasteiger partial charge < -0.3 is 14.6 Å². The average Bonchev–Trinajstić information content (AvgIpc) is 3.25. The van der Waals surface area contributed by atoms with Crippen molar-refractivity contribution in [3.63, 3.8) is 0 Å². The first kappa shape index (κ1) is 22.6. The van der Waals surface area contributed by atoms with Gasteiger partial charge in [-0.1, -0.05) is 36.7 Å². The number of benzene rings is 2. The Bertz CT molecular complexity index is 1110. The fourth-order valence-electron chi connectivity index (χ4n) is 2.81. The maximum Gasteiger partial charge on any atom is 0.329 e. The molecule has 166 valence electrons. The molecule has 1 amide bonds. The van der Waals surface area contributed by atoms with Gasteiger partial charge in [-0.15, -0.1) is 0 Å². The third-order valence-corrected chi connectivity index (χ3v) is 4.66. The lowest BCUT2D eigenvalue weighted by Gasteiger charge is -2.20. The van der Waals surface area contributed by atoms with E-state index in [2.05, 4.69) is 15.5 Å². The first-order valence-corrected chi connectivity index (χ1v) is 9.86. The number of hydrogen-bond acceptors (Lipinski definition) is 8. The molecule has 10 nitrogen and oxygen atoms in total. The molecule has 3 rings (SSSR count). The summed E-state index contributed by atoms with van der Waals surface area (Å²) in [5.74, 6) is -0.956. The fourth-order valence-corrected chi connectivity index (χ4v) is 2.81. The van der Waals surface area contributed by atoms with Crippen LogP contribution in [0.1, 0.15) is 35.7 Å². The number of aryl methyl sites for hydroxylation is 1. The molecule has 0 saturated heterocycles. The van der Waals surface area contributed by atoms with Gasteiger partial charge in [-0.3, -0.25) is 14.9 Å². The summed E-state index contributed by atoms with van der Waals surface area (Å²) in [5.41, 5.74) is 1.92. The molecule has 0 aliphatic rings. The molecule has 1 heterocycles. The maximum atomic E-state index is 12.6. The number of amides is 1. The monoisotopic (exact) mass is 438 g/mol. The molecule has 0 aliphatic heterocycles. The Hall–Kier alpha value is -4.08. The number of nitrogens with one attached hydrogen (secondary N) is 1. The molecule has 0 unspecified atom stereocenters. The molecule has 0 radical (unpaired) electrons. The number of carbonyl (C=O) groups excluding carboxylic acids is 2. The molecule has 1 atom stereocenters. The third-order valence-electron chi connectivity index (χ3n) is 4.66. The molecule has 10 heteroatoms. The Morgan fingerprint density at radius 3 is 2.38 bits per heavy atom. The number of ether oxygens (including phenoxy) is 1. The minimum atomic E-state index is -0.860. The second-order valence-corrected chi connectivity index (χ2v) is 7.48. The van der Waals surface area contributed by atoms with Crippen molar-refractivity contribution >= 4 is 17.6 Å². The normalized spacial score (nSPS) is 11.8. The molecule has 1 N–H and O–H groups in total. The number of carbonyl (C=O) groups is 2. The standard InChI is InChI=1S/C22H22N4O6/c1-13(2)19(24-21(27)16-6-4-14(3)5-7-16)22(28)31-12-18-23-20(25-32-18)15-8-10-17(11-9-15)26(29)30/h4-11,13,19H,12H2,1-3H3,(H,24,27)/t19-/m0/s1. The SMILES string of the molecule is Cc1ccc(C(=O)N[C@H](C(=O)OCc2nc(-c3ccc([N+](=O)[O-])cc3)no2)C(C)C)cc1. The van der Waals surface area contributed by atoms with E-state index in [0.29, 0.717) is 11.1 Å². The molecule has 0 fully saturated rings. The van der Waals surface area contributed by atoms with Gasteiger partial charge in [0.15, 0.2) is 6.61 Å². The first-order valence-electron chi connectivity index (χ1n) is 9.86. The summed E-state index contributed by atoms with van der Waals surface area (Å²) in [6.45, 7) is 5.23. The predicted octanol–water partition coefficient (Wildman–Crippen LogP) is 3.45. The number of nitro groups is 1. The van der Waals surface area contributed by atoms with Crippen LogP contribution < -0.4 is 5.32 Å². The van der Waals surface area contributed by atoms with Crippen molar-refractivity contribution in [2.24, 2.45) is 5.92 Å². The van der Waals surface area contributed by atoms with Crippen LogP contribution in [0.3, 0.4) is 0 Å². The summed E-state index contributed by atoms with van der Waals surface area (Å²) in [4.78, 5) is 39.4. The third kappa shape index (κ3) is 5.54. The second kappa shape index (κ2) is 9.82. The van der Waals surface area contributed by atoms with E-state index >= 15 is 0 Å². The Morgan fingerprint density at radius 2 is 1.78 bits per heavy atom. The lowest BCUT2D eigenvalue weighted by molar-refractivity contribution is -0.384. The first-order chi connectivity index (χ1) is 15.2. The Morgan fingerprint density at radius 1 is 1.12 bits per heavy atom. The van der Waals surface area contributed by atoms with Crippen LogP contribution in [-0.4, -0.2) is 33.0 Å². The molecule has 0 aliphatic carbocycles. The number of nitro benzene ring substituents is 1. The van der Waals surface area contributed by atoms with E-state index in [9.17, 15) is 19.7 Å². The minimum Gasteiger partial charge on any atom is -0.454 e. The summed E-state index contributed by atoms with van der Waals surface area (Å²) < 4.78 is 10.4. The average molecular weight is 438 g/mol. The van der Waals surface area contributed by atoms with E-state index in [0.717, 1.165) is 5.56 Å². The van der Waals surface area contributed by atoms with Crippen LogP contribution in [0.4, 0.5) is 5.69 Å². The summed E-state index contributed by atoms with van der Waals surface area (Å²) in [5, 5.41) is 17.2. The van der Waals surface area contributed by atoms with Crippen molar-refractivity contribution in [2.45, 2.75) is 33.4 Å². The predicted molar refractivity (Wildman–Crippen MR) is 113 cm³/mol. The minimum absolute atomic E-state index is 0.0547. The van der Waals surface area contributed by atoms with Crippen molar-refractivity contribution in [3.05, 3.63) is 75.7 Å². The van der Waals surface area contributed by atoms with Gasteiger partial charge >= 0.3 is 5.97 Å². The number of non-ortho nitro benzene ring substituents is 1. The fraction of sp³-hybridized carbons (Fsp3) is 0.273. The Balaban J connectivity index is 1.61. The van der Waals surface area contributed by atoms with Crippen molar-refractivity contribution in [1.29, 1.82) is 0 Å². The van der Waals surface area contributed by atoms with Crippen LogP contribution in [0.25, 0.3) is 11.4 Å². The highest BCUT2D eigenvalue weighted by Gasteiger charge is 2.27. The van der Waals surface area contributed by atoms with Gasteiger partial charge in [-0.05, 0) is 37.1 Å². The molecule has 32 heavy (non-hydrogen) atoms. The van der Waals surface area contributed by atoms with Gasteiger partial charge in [0.25, 0.3) is 17.5 Å². The van der Waals surface area contributed by atoms with Crippen LogP contribution in [0.15, 0.2) is 53.1 Å². The molecule has 2 aromatic carbocycles. The summed E-state index contributed by atoms with van der Waals surface area (Å²) in [6.07, 6.45) is 0. The van der Waals surface area contributed by atoms with E-state index in [1.54, 1.807) is 26.0 Å². The van der Waals surface area contributed by atoms with Crippen molar-refractivity contribution in [2.75, 3.05) is 0 Å². The lowest BCUT2D eigenvalue weighted by Crippen LogP contribution is -2.45. The lowest BCUT2D eigenvalue weighted by atomic mass is 10.0. The Labute approximate surface area is 183 Å². The van der Waals surface area contributed by atoms with E-state index in [1.165, 1.54) is 24.3 Å². The molecule has 0 spiro atoms. The van der Waals surface area contributed by atoms with Crippen LogP contribution in [0, 0.1) is 23.0 Å². The molecular formula is C22H22N4O6. The number of aromatic nitrogens is 2. The van der Waals surface area contributed by atoms with Crippen LogP contribution in [0.2, 0.25) is 0 Å². The van der Waals surface area contributed by atoms with Crippen LogP contribution in [0.5, 0.6) is 0 Å². The van der Waals surface area contributed by atoms with Crippen molar-refractivity contribution in [1.82, 2.24) is 15.5 Å². The number of rotatable bonds is 8. The number of hydrogen-bond donors (Lipinski definition) is 1. The van der Waals surface area contributed by atoms with Crippen molar-refractivity contribution < 1.29 is 23.8 Å². The van der Waals surface area contributed by atoms with Gasteiger partial charge in [0.2, 0.25) is 5.82 Å². The van der Waals surface area contributed by atoms with Crippen LogP contribution in [-0.2, 0) is 16.1 Å².